The first-order valence-corrected chi connectivity index (χ1v) is 5.73. The molecule has 0 spiro atoms. The molecule has 0 saturated heterocycles. The van der Waals surface area contributed by atoms with E-state index in [9.17, 15) is 0 Å². The Morgan fingerprint density at radius 1 is 1.27 bits per heavy atom. The van der Waals surface area contributed by atoms with Gasteiger partial charge in [-0.25, -0.2) is 4.98 Å². The molecule has 3 heteroatoms. The summed E-state index contributed by atoms with van der Waals surface area (Å²) < 4.78 is 0. The van der Waals surface area contributed by atoms with Crippen molar-refractivity contribution in [2.24, 2.45) is 5.73 Å². The van der Waals surface area contributed by atoms with Gasteiger partial charge >= 0.3 is 0 Å². The molecule has 0 aliphatic rings. The van der Waals surface area contributed by atoms with Crippen LogP contribution in [0, 0.1) is 13.8 Å². The maximum Gasteiger partial charge on any atom is 0.114 e. The fraction of sp³-hybridized carbons (Fsp3) is 0.250. The zero-order chi connectivity index (χ0) is 10.8. The molecule has 1 atom stereocenters. The number of aryl methyl sites for hydroxylation is 2. The van der Waals surface area contributed by atoms with Crippen LogP contribution in [0.2, 0.25) is 0 Å². The van der Waals surface area contributed by atoms with Crippen LogP contribution in [0.4, 0.5) is 0 Å². The van der Waals surface area contributed by atoms with Gasteiger partial charge in [-0.2, -0.15) is 0 Å². The van der Waals surface area contributed by atoms with Crippen molar-refractivity contribution in [2.45, 2.75) is 19.9 Å². The van der Waals surface area contributed by atoms with Crippen LogP contribution >= 0.6 is 11.3 Å². The largest absolute Gasteiger partial charge is 0.318 e. The van der Waals surface area contributed by atoms with Crippen molar-refractivity contribution in [2.75, 3.05) is 0 Å². The first-order chi connectivity index (χ1) is 7.18. The van der Waals surface area contributed by atoms with Crippen molar-refractivity contribution in [3.63, 3.8) is 0 Å². The number of hydrogen-bond acceptors (Lipinski definition) is 3. The number of thiazole rings is 1. The molecule has 0 radical (unpaired) electrons. The van der Waals surface area contributed by atoms with Crippen molar-refractivity contribution in [1.29, 1.82) is 0 Å². The van der Waals surface area contributed by atoms with Crippen LogP contribution < -0.4 is 5.73 Å². The maximum absolute atomic E-state index is 6.18. The monoisotopic (exact) mass is 218 g/mol. The molecule has 1 heterocycles. The van der Waals surface area contributed by atoms with Gasteiger partial charge in [0.05, 0.1) is 6.04 Å². The zero-order valence-corrected chi connectivity index (χ0v) is 9.71. The zero-order valence-electron chi connectivity index (χ0n) is 8.90. The summed E-state index contributed by atoms with van der Waals surface area (Å²) in [7, 11) is 0. The summed E-state index contributed by atoms with van der Waals surface area (Å²) in [4.78, 5) is 5.53. The molecule has 2 N–H and O–H groups in total. The Bertz CT molecular complexity index is 462. The van der Waals surface area contributed by atoms with Crippen LogP contribution in [0.5, 0.6) is 0 Å². The van der Waals surface area contributed by atoms with Crippen molar-refractivity contribution >= 4 is 11.3 Å². The Morgan fingerprint density at radius 3 is 2.60 bits per heavy atom. The van der Waals surface area contributed by atoms with Crippen LogP contribution in [0.3, 0.4) is 0 Å². The molecule has 1 unspecified atom stereocenters. The molecular weight excluding hydrogens is 204 g/mol. The molecule has 2 aromatic rings. The van der Waals surface area contributed by atoms with E-state index in [1.807, 2.05) is 25.3 Å². The van der Waals surface area contributed by atoms with E-state index in [-0.39, 0.29) is 6.04 Å². The van der Waals surface area contributed by atoms with Gasteiger partial charge < -0.3 is 5.73 Å². The van der Waals surface area contributed by atoms with Gasteiger partial charge in [-0.15, -0.1) is 11.3 Å². The molecular formula is C12H14N2S. The predicted octanol–water partition coefficient (Wildman–Crippen LogP) is 2.81. The second-order valence-electron chi connectivity index (χ2n) is 3.64. The van der Waals surface area contributed by atoms with Gasteiger partial charge in [0, 0.05) is 11.1 Å². The molecule has 1 aromatic carbocycles. The number of benzene rings is 1. The number of rotatable bonds is 2. The van der Waals surface area contributed by atoms with E-state index in [2.05, 4.69) is 24.0 Å². The van der Waals surface area contributed by atoms with Crippen LogP contribution in [0.1, 0.15) is 27.1 Å². The highest BCUT2D eigenvalue weighted by Crippen LogP contribution is 2.25. The minimum atomic E-state index is -0.0927. The molecule has 0 bridgehead atoms. The Morgan fingerprint density at radius 2 is 2.00 bits per heavy atom. The molecule has 0 amide bonds. The van der Waals surface area contributed by atoms with E-state index in [4.69, 9.17) is 5.73 Å². The van der Waals surface area contributed by atoms with Gasteiger partial charge in [-0.1, -0.05) is 24.3 Å². The average molecular weight is 218 g/mol. The second-order valence-corrected chi connectivity index (χ2v) is 4.91. The third-order valence-corrected chi connectivity index (χ3v) is 3.42. The predicted molar refractivity (Wildman–Crippen MR) is 64.1 cm³/mol. The quantitative estimate of drug-likeness (QED) is 0.841. The maximum atomic E-state index is 6.18. The lowest BCUT2D eigenvalue weighted by molar-refractivity contribution is 0.848. The highest BCUT2D eigenvalue weighted by Gasteiger charge is 2.13. The summed E-state index contributed by atoms with van der Waals surface area (Å²) in [6.45, 7) is 4.13. The van der Waals surface area contributed by atoms with Crippen molar-refractivity contribution in [1.82, 2.24) is 4.98 Å². The first-order valence-electron chi connectivity index (χ1n) is 4.92. The lowest BCUT2D eigenvalue weighted by Gasteiger charge is -2.11. The summed E-state index contributed by atoms with van der Waals surface area (Å²) in [5, 5.41) is 0.988. The fourth-order valence-corrected chi connectivity index (χ4v) is 2.38. The number of nitrogens with zero attached hydrogens (tertiary/aromatic N) is 1. The van der Waals surface area contributed by atoms with Crippen molar-refractivity contribution in [3.05, 3.63) is 51.5 Å². The number of aromatic nitrogens is 1. The van der Waals surface area contributed by atoms with Gasteiger partial charge in [0.25, 0.3) is 0 Å². The average Bonchev–Trinajstić information content (AvgIpc) is 2.65. The summed E-state index contributed by atoms with van der Waals surface area (Å²) >= 11 is 1.66. The third-order valence-electron chi connectivity index (χ3n) is 2.43. The van der Waals surface area contributed by atoms with Crippen molar-refractivity contribution < 1.29 is 0 Å². The lowest BCUT2D eigenvalue weighted by Crippen LogP contribution is -2.12. The molecule has 0 aliphatic heterocycles. The SMILES string of the molecule is Cc1cnc(C(N)c2ccccc2C)s1. The van der Waals surface area contributed by atoms with Crippen LogP contribution in [-0.2, 0) is 0 Å². The molecule has 15 heavy (non-hydrogen) atoms. The normalized spacial score (nSPS) is 12.7. The second kappa shape index (κ2) is 4.13. The molecule has 2 nitrogen and oxygen atoms in total. The molecule has 0 saturated carbocycles. The Balaban J connectivity index is 2.36. The third kappa shape index (κ3) is 2.08. The Hall–Kier alpha value is -1.19. The minimum Gasteiger partial charge on any atom is -0.318 e. The van der Waals surface area contributed by atoms with E-state index in [0.717, 1.165) is 10.6 Å². The minimum absolute atomic E-state index is 0.0927. The molecule has 1 aromatic heterocycles. The summed E-state index contributed by atoms with van der Waals surface area (Å²) in [6, 6.07) is 8.10. The standard InChI is InChI=1S/C12H14N2S/c1-8-5-3-4-6-10(8)11(13)12-14-7-9(2)15-12/h3-7,11H,13H2,1-2H3. The fourth-order valence-electron chi connectivity index (χ4n) is 1.58. The van der Waals surface area contributed by atoms with E-state index >= 15 is 0 Å². The van der Waals surface area contributed by atoms with Crippen molar-refractivity contribution in [3.8, 4) is 0 Å². The molecule has 0 aliphatic carbocycles. The first kappa shape index (κ1) is 10.3. The highest BCUT2D eigenvalue weighted by atomic mass is 32.1. The van der Waals surface area contributed by atoms with Crippen LogP contribution in [0.15, 0.2) is 30.5 Å². The lowest BCUT2D eigenvalue weighted by atomic mass is 10.0. The summed E-state index contributed by atoms with van der Waals surface area (Å²) in [5.74, 6) is 0. The van der Waals surface area contributed by atoms with E-state index in [1.165, 1.54) is 10.4 Å². The van der Waals surface area contributed by atoms with Gasteiger partial charge in [0.1, 0.15) is 5.01 Å². The van der Waals surface area contributed by atoms with Gasteiger partial charge in [0.2, 0.25) is 0 Å². The number of hydrogen-bond donors (Lipinski definition) is 1. The summed E-state index contributed by atoms with van der Waals surface area (Å²) in [6.07, 6.45) is 1.87. The van der Waals surface area contributed by atoms with Crippen LogP contribution in [0.25, 0.3) is 0 Å². The highest BCUT2D eigenvalue weighted by molar-refractivity contribution is 7.11. The number of nitrogens with two attached hydrogens (primary N) is 1. The van der Waals surface area contributed by atoms with E-state index in [1.54, 1.807) is 11.3 Å². The molecule has 2 rings (SSSR count). The topological polar surface area (TPSA) is 38.9 Å². The van der Waals surface area contributed by atoms with Gasteiger partial charge in [-0.05, 0) is 25.0 Å². The summed E-state index contributed by atoms with van der Waals surface area (Å²) in [5.41, 5.74) is 8.56. The van der Waals surface area contributed by atoms with E-state index < -0.39 is 0 Å². The van der Waals surface area contributed by atoms with Gasteiger partial charge in [-0.3, -0.25) is 0 Å². The van der Waals surface area contributed by atoms with E-state index in [0.29, 0.717) is 0 Å². The molecule has 78 valence electrons. The smallest absolute Gasteiger partial charge is 0.114 e. The Kier molecular flexibility index (Phi) is 2.84. The van der Waals surface area contributed by atoms with Gasteiger partial charge in [0.15, 0.2) is 0 Å². The molecule has 0 fully saturated rings. The van der Waals surface area contributed by atoms with Crippen LogP contribution in [-0.4, -0.2) is 4.98 Å². The Labute approximate surface area is 93.8 Å².